The third kappa shape index (κ3) is 7.00. The highest BCUT2D eigenvalue weighted by molar-refractivity contribution is 7.57. The number of hydrogen-bond acceptors (Lipinski definition) is 3. The molecule has 0 amide bonds. The lowest BCUT2D eigenvalue weighted by Gasteiger charge is -2.09. The summed E-state index contributed by atoms with van der Waals surface area (Å²) >= 11 is 0. The molecule has 3 nitrogen and oxygen atoms in total. The van der Waals surface area contributed by atoms with Crippen molar-refractivity contribution in [1.29, 1.82) is 0 Å². The molecule has 1 unspecified atom stereocenters. The second-order valence-electron chi connectivity index (χ2n) is 4.08. The molecular weight excluding hydrogens is 223 g/mol. The van der Waals surface area contributed by atoms with Crippen molar-refractivity contribution >= 4 is 7.60 Å². The van der Waals surface area contributed by atoms with E-state index in [1.165, 1.54) is 19.8 Å². The molecule has 0 saturated carbocycles. The standard InChI is InChI=1S/C12H23O3P/c1-11(2)7-6-8-12(3)9-10-16(13,14-4)15-5/h7,9-10,12H,6,8H2,1-5H3. The summed E-state index contributed by atoms with van der Waals surface area (Å²) in [6, 6.07) is 0. The average Bonchev–Trinajstić information content (AvgIpc) is 2.25. The van der Waals surface area contributed by atoms with Crippen LogP contribution in [-0.4, -0.2) is 14.2 Å². The molecule has 0 spiro atoms. The van der Waals surface area contributed by atoms with Crippen LogP contribution in [0.2, 0.25) is 0 Å². The van der Waals surface area contributed by atoms with Crippen LogP contribution in [0.1, 0.15) is 33.6 Å². The van der Waals surface area contributed by atoms with Gasteiger partial charge in [-0.2, -0.15) is 0 Å². The van der Waals surface area contributed by atoms with Crippen molar-refractivity contribution in [3.63, 3.8) is 0 Å². The smallest absolute Gasteiger partial charge is 0.309 e. The number of hydrogen-bond donors (Lipinski definition) is 0. The van der Waals surface area contributed by atoms with Gasteiger partial charge in [0.25, 0.3) is 0 Å². The summed E-state index contributed by atoms with van der Waals surface area (Å²) in [5.41, 5.74) is 1.33. The highest BCUT2D eigenvalue weighted by Gasteiger charge is 2.15. The Morgan fingerprint density at radius 3 is 2.31 bits per heavy atom. The molecule has 1 atom stereocenters. The number of rotatable bonds is 7. The zero-order valence-corrected chi connectivity index (χ0v) is 11.8. The summed E-state index contributed by atoms with van der Waals surface area (Å²) in [6.07, 6.45) is 6.18. The summed E-state index contributed by atoms with van der Waals surface area (Å²) in [5.74, 6) is 1.91. The van der Waals surface area contributed by atoms with Crippen LogP contribution in [0.3, 0.4) is 0 Å². The minimum absolute atomic E-state index is 0.370. The Morgan fingerprint density at radius 2 is 1.88 bits per heavy atom. The highest BCUT2D eigenvalue weighted by atomic mass is 31.2. The van der Waals surface area contributed by atoms with E-state index in [-0.39, 0.29) is 0 Å². The monoisotopic (exact) mass is 246 g/mol. The molecule has 0 bridgehead atoms. The maximum Gasteiger partial charge on any atom is 0.353 e. The molecule has 0 heterocycles. The van der Waals surface area contributed by atoms with Gasteiger partial charge in [-0.25, -0.2) is 0 Å². The van der Waals surface area contributed by atoms with Gasteiger partial charge in [-0.1, -0.05) is 24.6 Å². The van der Waals surface area contributed by atoms with E-state index in [1.807, 2.05) is 6.08 Å². The normalized spacial score (nSPS) is 14.1. The van der Waals surface area contributed by atoms with Crippen LogP contribution in [0.15, 0.2) is 23.5 Å². The van der Waals surface area contributed by atoms with Gasteiger partial charge in [0, 0.05) is 20.0 Å². The van der Waals surface area contributed by atoms with Crippen LogP contribution in [0, 0.1) is 5.92 Å². The first-order valence-corrected chi connectivity index (χ1v) is 7.08. The summed E-state index contributed by atoms with van der Waals surface area (Å²) in [6.45, 7) is 6.26. The summed E-state index contributed by atoms with van der Waals surface area (Å²) in [5, 5.41) is 0. The first-order valence-electron chi connectivity index (χ1n) is 5.47. The zero-order valence-electron chi connectivity index (χ0n) is 10.9. The van der Waals surface area contributed by atoms with E-state index in [2.05, 4.69) is 26.8 Å². The fourth-order valence-corrected chi connectivity index (χ4v) is 2.08. The molecule has 0 aromatic carbocycles. The molecule has 0 aliphatic rings. The lowest BCUT2D eigenvalue weighted by atomic mass is 10.1. The van der Waals surface area contributed by atoms with Gasteiger partial charge in [-0.3, -0.25) is 4.57 Å². The molecule has 0 radical (unpaired) electrons. The first kappa shape index (κ1) is 15.6. The Bertz CT molecular complexity index is 283. The lowest BCUT2D eigenvalue weighted by molar-refractivity contribution is 0.286. The topological polar surface area (TPSA) is 35.5 Å². The lowest BCUT2D eigenvalue weighted by Crippen LogP contribution is -1.90. The summed E-state index contributed by atoms with van der Waals surface area (Å²) < 4.78 is 21.3. The van der Waals surface area contributed by atoms with E-state index >= 15 is 0 Å². The highest BCUT2D eigenvalue weighted by Crippen LogP contribution is 2.48. The van der Waals surface area contributed by atoms with E-state index in [4.69, 9.17) is 9.05 Å². The minimum atomic E-state index is -2.98. The molecule has 0 aromatic rings. The molecule has 0 fully saturated rings. The predicted molar refractivity (Wildman–Crippen MR) is 68.6 cm³/mol. The van der Waals surface area contributed by atoms with Crippen molar-refractivity contribution in [2.24, 2.45) is 5.92 Å². The van der Waals surface area contributed by atoms with E-state index in [0.717, 1.165) is 12.8 Å². The molecule has 0 rings (SSSR count). The molecular formula is C12H23O3P. The number of allylic oxidation sites excluding steroid dienone is 3. The quantitative estimate of drug-likeness (QED) is 0.494. The van der Waals surface area contributed by atoms with E-state index in [0.29, 0.717) is 5.92 Å². The third-order valence-electron chi connectivity index (χ3n) is 2.28. The molecule has 0 aliphatic heterocycles. The van der Waals surface area contributed by atoms with E-state index in [1.54, 1.807) is 5.82 Å². The predicted octanol–water partition coefficient (Wildman–Crippen LogP) is 4.37. The Kier molecular flexibility index (Phi) is 7.65. The Morgan fingerprint density at radius 1 is 1.31 bits per heavy atom. The van der Waals surface area contributed by atoms with Gasteiger partial charge < -0.3 is 9.05 Å². The minimum Gasteiger partial charge on any atom is -0.309 e. The van der Waals surface area contributed by atoms with Crippen LogP contribution in [0.5, 0.6) is 0 Å². The van der Waals surface area contributed by atoms with E-state index < -0.39 is 7.60 Å². The van der Waals surface area contributed by atoms with Gasteiger partial charge in [0.2, 0.25) is 0 Å². The van der Waals surface area contributed by atoms with Crippen molar-refractivity contribution in [3.8, 4) is 0 Å². The third-order valence-corrected chi connectivity index (χ3v) is 3.84. The Balaban J connectivity index is 4.13. The Labute approximate surface area is 99.1 Å². The van der Waals surface area contributed by atoms with Crippen LogP contribution in [0.4, 0.5) is 0 Å². The van der Waals surface area contributed by atoms with Gasteiger partial charge in [0.15, 0.2) is 0 Å². The largest absolute Gasteiger partial charge is 0.353 e. The Hall–Kier alpha value is -0.370. The fraction of sp³-hybridized carbons (Fsp3) is 0.667. The zero-order chi connectivity index (χ0) is 12.6. The molecule has 0 N–H and O–H groups in total. The van der Waals surface area contributed by atoms with Crippen molar-refractivity contribution in [1.82, 2.24) is 0 Å². The molecule has 0 aliphatic carbocycles. The van der Waals surface area contributed by atoms with Crippen molar-refractivity contribution < 1.29 is 13.6 Å². The van der Waals surface area contributed by atoms with Crippen LogP contribution >= 0.6 is 7.60 Å². The van der Waals surface area contributed by atoms with Crippen LogP contribution in [0.25, 0.3) is 0 Å². The molecule has 94 valence electrons. The first-order chi connectivity index (χ1) is 7.43. The van der Waals surface area contributed by atoms with Crippen molar-refractivity contribution in [2.75, 3.05) is 14.2 Å². The van der Waals surface area contributed by atoms with E-state index in [9.17, 15) is 4.57 Å². The van der Waals surface area contributed by atoms with Crippen molar-refractivity contribution in [2.45, 2.75) is 33.6 Å². The van der Waals surface area contributed by atoms with Gasteiger partial charge in [0.1, 0.15) is 0 Å². The molecule has 0 saturated heterocycles. The van der Waals surface area contributed by atoms with Gasteiger partial charge in [-0.15, -0.1) is 0 Å². The van der Waals surface area contributed by atoms with Gasteiger partial charge in [-0.05, 0) is 32.6 Å². The fourth-order valence-electron chi connectivity index (χ4n) is 1.18. The maximum atomic E-state index is 11.7. The van der Waals surface area contributed by atoms with Gasteiger partial charge >= 0.3 is 7.60 Å². The van der Waals surface area contributed by atoms with Gasteiger partial charge in [0.05, 0.1) is 0 Å². The SMILES string of the molecule is COP(=O)(C=CC(C)CCC=C(C)C)OC. The summed E-state index contributed by atoms with van der Waals surface area (Å²) in [4.78, 5) is 0. The average molecular weight is 246 g/mol. The molecule has 16 heavy (non-hydrogen) atoms. The second-order valence-corrected chi connectivity index (χ2v) is 6.19. The molecule has 4 heteroatoms. The maximum absolute atomic E-state index is 11.7. The molecule has 0 aromatic heterocycles. The van der Waals surface area contributed by atoms with Crippen LogP contribution < -0.4 is 0 Å². The van der Waals surface area contributed by atoms with Crippen LogP contribution in [-0.2, 0) is 13.6 Å². The second kappa shape index (κ2) is 7.83. The summed E-state index contributed by atoms with van der Waals surface area (Å²) in [7, 11) is -0.200. The van der Waals surface area contributed by atoms with Crippen molar-refractivity contribution in [3.05, 3.63) is 23.5 Å².